The van der Waals surface area contributed by atoms with Crippen LogP contribution in [0.3, 0.4) is 0 Å². The maximum Gasteiger partial charge on any atom is 0.119 e. The number of phenolic OH excluding ortho intramolecular Hbond substituents is 4. The van der Waals surface area contributed by atoms with Crippen molar-refractivity contribution in [3.63, 3.8) is 0 Å². The number of rotatable bonds is 8. The van der Waals surface area contributed by atoms with Crippen molar-refractivity contribution in [1.82, 2.24) is 0 Å². The summed E-state index contributed by atoms with van der Waals surface area (Å²) in [4.78, 5) is 0. The number of benzene rings is 4. The molecule has 0 spiro atoms. The van der Waals surface area contributed by atoms with Crippen LogP contribution in [0.15, 0.2) is 99.2 Å². The Kier molecular flexibility index (Phi) is 7.10. The van der Waals surface area contributed by atoms with Crippen molar-refractivity contribution in [2.45, 2.75) is 25.7 Å². The predicted octanol–water partition coefficient (Wildman–Crippen LogP) is 6.88. The fourth-order valence-electron chi connectivity index (χ4n) is 5.59. The van der Waals surface area contributed by atoms with Gasteiger partial charge in [0.1, 0.15) is 23.0 Å². The van der Waals surface area contributed by atoms with E-state index in [-0.39, 0.29) is 23.0 Å². The minimum Gasteiger partial charge on any atom is -0.508 e. The van der Waals surface area contributed by atoms with Gasteiger partial charge in [-0.15, -0.1) is 26.3 Å². The summed E-state index contributed by atoms with van der Waals surface area (Å²) in [6, 6.07) is 14.7. The Morgan fingerprint density at radius 3 is 0.700 bits per heavy atom. The van der Waals surface area contributed by atoms with Gasteiger partial charge in [0.05, 0.1) is 0 Å². The summed E-state index contributed by atoms with van der Waals surface area (Å²) in [7, 11) is 0. The molecule has 200 valence electrons. The van der Waals surface area contributed by atoms with Gasteiger partial charge >= 0.3 is 0 Å². The van der Waals surface area contributed by atoms with E-state index >= 15 is 0 Å². The van der Waals surface area contributed by atoms with Crippen molar-refractivity contribution in [3.05, 3.63) is 163 Å². The lowest BCUT2D eigenvalue weighted by Crippen LogP contribution is -1.96. The van der Waals surface area contributed by atoms with Crippen molar-refractivity contribution in [2.75, 3.05) is 0 Å². The van der Waals surface area contributed by atoms with Gasteiger partial charge in [0.2, 0.25) is 0 Å². The van der Waals surface area contributed by atoms with Crippen molar-refractivity contribution in [1.29, 1.82) is 0 Å². The maximum atomic E-state index is 11.0. The quantitative estimate of drug-likeness (QED) is 0.165. The lowest BCUT2D eigenvalue weighted by molar-refractivity contribution is 0.467. The standard InChI is InChI=1S/C36H32O4/c1-5-9-21-13-25-26-14-22(10-6-2)34(38)18-30(26)32-20-36(40)24(12-8-4)16-28(32)27-15-23(11-7-3)35(39)19-31(27)29(25)17-33(21)37/h5-8,13-20,37-40H,1-4,9-12H2/b26-25-,28-27-,31-29-,32-30-. The second kappa shape index (κ2) is 10.7. The van der Waals surface area contributed by atoms with Crippen LogP contribution in [0.25, 0.3) is 0 Å². The smallest absolute Gasteiger partial charge is 0.119 e. The molecule has 4 aromatic rings. The largest absolute Gasteiger partial charge is 0.508 e. The molecule has 0 fully saturated rings. The van der Waals surface area contributed by atoms with Crippen LogP contribution in [0.5, 0.6) is 23.0 Å². The minimum atomic E-state index is 0.129. The molecule has 0 bridgehead atoms. The van der Waals surface area contributed by atoms with E-state index in [0.29, 0.717) is 47.9 Å². The Morgan fingerprint density at radius 2 is 0.525 bits per heavy atom. The van der Waals surface area contributed by atoms with E-state index in [4.69, 9.17) is 0 Å². The van der Waals surface area contributed by atoms with Crippen molar-refractivity contribution >= 4 is 0 Å². The molecule has 0 aromatic heterocycles. The highest BCUT2D eigenvalue weighted by Crippen LogP contribution is 2.29. The lowest BCUT2D eigenvalue weighted by atomic mass is 9.95. The number of aromatic hydroxyl groups is 4. The number of phenols is 4. The molecule has 0 aliphatic heterocycles. The lowest BCUT2D eigenvalue weighted by Gasteiger charge is -2.11. The summed E-state index contributed by atoms with van der Waals surface area (Å²) >= 11 is 0. The van der Waals surface area contributed by atoms with Gasteiger partial charge in [-0.25, -0.2) is 0 Å². The minimum absolute atomic E-state index is 0.129. The van der Waals surface area contributed by atoms with Crippen molar-refractivity contribution < 1.29 is 20.4 Å². The molecule has 0 saturated heterocycles. The third-order valence-electron chi connectivity index (χ3n) is 7.49. The molecule has 0 amide bonds. The van der Waals surface area contributed by atoms with Gasteiger partial charge in [-0.1, -0.05) is 24.3 Å². The molecule has 0 saturated carbocycles. The van der Waals surface area contributed by atoms with Gasteiger partial charge in [-0.3, -0.25) is 0 Å². The molecular weight excluding hydrogens is 496 g/mol. The Balaban J connectivity index is 2.31. The van der Waals surface area contributed by atoms with Gasteiger partial charge in [-0.05, 0) is 138 Å². The molecule has 1 aliphatic rings. The summed E-state index contributed by atoms with van der Waals surface area (Å²) in [5, 5.41) is 50.5. The number of fused-ring (bicyclic) bond motifs is 4. The van der Waals surface area contributed by atoms with Crippen molar-refractivity contribution in [3.8, 4) is 23.0 Å². The second-order valence-electron chi connectivity index (χ2n) is 10.1. The molecule has 0 atom stereocenters. The van der Waals surface area contributed by atoms with E-state index in [2.05, 4.69) is 26.3 Å². The van der Waals surface area contributed by atoms with Crippen LogP contribution < -0.4 is 0 Å². The monoisotopic (exact) mass is 528 g/mol. The van der Waals surface area contributed by atoms with Crippen LogP contribution in [0.4, 0.5) is 0 Å². The van der Waals surface area contributed by atoms with Crippen LogP contribution in [-0.4, -0.2) is 20.4 Å². The van der Waals surface area contributed by atoms with Crippen molar-refractivity contribution in [2.24, 2.45) is 0 Å². The average Bonchev–Trinajstić information content (AvgIpc) is 2.92. The van der Waals surface area contributed by atoms with E-state index in [9.17, 15) is 20.4 Å². The van der Waals surface area contributed by atoms with E-state index in [1.54, 1.807) is 48.6 Å². The number of allylic oxidation sites excluding steroid dienone is 4. The zero-order valence-electron chi connectivity index (χ0n) is 22.4. The van der Waals surface area contributed by atoms with Crippen LogP contribution >= 0.6 is 0 Å². The zero-order valence-corrected chi connectivity index (χ0v) is 22.4. The molecule has 4 heteroatoms. The van der Waals surface area contributed by atoms with Crippen LogP contribution in [0.2, 0.25) is 0 Å². The Morgan fingerprint density at radius 1 is 0.350 bits per heavy atom. The molecule has 4 nitrogen and oxygen atoms in total. The Hall–Kier alpha value is -4.96. The molecule has 4 N–H and O–H groups in total. The fourth-order valence-corrected chi connectivity index (χ4v) is 5.59. The predicted molar refractivity (Wildman–Crippen MR) is 159 cm³/mol. The Labute approximate surface area is 232 Å². The SMILES string of the molecule is C=CCc1cc2/c(cc1O)=c1/cc(O)c(CC=C)c/c1=c1\cc(CC=C)c(O)c\c1=c1/cc(O)c(CC=C)c/c1=2. The highest BCUT2D eigenvalue weighted by molar-refractivity contribution is 5.46. The zero-order chi connectivity index (χ0) is 28.6. The van der Waals surface area contributed by atoms with Gasteiger partial charge in [0.25, 0.3) is 0 Å². The van der Waals surface area contributed by atoms with Gasteiger partial charge in [-0.2, -0.15) is 0 Å². The summed E-state index contributed by atoms with van der Waals surface area (Å²) in [5.41, 5.74) is 2.82. The van der Waals surface area contributed by atoms with Gasteiger partial charge < -0.3 is 20.4 Å². The summed E-state index contributed by atoms with van der Waals surface area (Å²) < 4.78 is 0. The second-order valence-corrected chi connectivity index (χ2v) is 10.1. The normalized spacial score (nSPS) is 14.8. The third-order valence-corrected chi connectivity index (χ3v) is 7.49. The molecule has 40 heavy (non-hydrogen) atoms. The number of hydrogen-bond acceptors (Lipinski definition) is 4. The number of hydrogen-bond donors (Lipinski definition) is 4. The van der Waals surface area contributed by atoms with Crippen LogP contribution in [-0.2, 0) is 25.7 Å². The first kappa shape index (κ1) is 26.6. The summed E-state index contributed by atoms with van der Waals surface area (Å²) in [6.45, 7) is 15.4. The van der Waals surface area contributed by atoms with Crippen LogP contribution in [0, 0.1) is 41.7 Å². The van der Waals surface area contributed by atoms with Gasteiger partial charge in [0.15, 0.2) is 0 Å². The topological polar surface area (TPSA) is 80.9 Å². The molecule has 0 unspecified atom stereocenters. The molecule has 0 heterocycles. The third kappa shape index (κ3) is 4.48. The summed E-state index contributed by atoms with van der Waals surface area (Å²) in [6.07, 6.45) is 8.80. The first-order valence-corrected chi connectivity index (χ1v) is 13.2. The first-order chi connectivity index (χ1) is 19.3. The molecular formula is C36H32O4. The average molecular weight is 529 g/mol. The van der Waals surface area contributed by atoms with E-state index in [1.807, 2.05) is 24.3 Å². The fraction of sp³-hybridized carbons (Fsp3) is 0.111. The highest BCUT2D eigenvalue weighted by atomic mass is 16.3. The first-order valence-electron chi connectivity index (χ1n) is 13.2. The maximum absolute atomic E-state index is 11.0. The van der Waals surface area contributed by atoms with E-state index < -0.39 is 0 Å². The molecule has 1 aliphatic carbocycles. The molecule has 4 aromatic carbocycles. The van der Waals surface area contributed by atoms with Gasteiger partial charge in [0, 0.05) is 0 Å². The Bertz CT molecular complexity index is 1820. The highest BCUT2D eigenvalue weighted by Gasteiger charge is 2.12. The van der Waals surface area contributed by atoms with Crippen LogP contribution in [0.1, 0.15) is 22.3 Å². The summed E-state index contributed by atoms with van der Waals surface area (Å²) in [5.74, 6) is 0.518. The molecule has 5 rings (SSSR count). The van der Waals surface area contributed by atoms with E-state index in [0.717, 1.165) is 41.7 Å². The van der Waals surface area contributed by atoms with E-state index in [1.165, 1.54) is 0 Å². The molecule has 0 radical (unpaired) electrons.